The molecule has 0 aliphatic carbocycles. The van der Waals surface area contributed by atoms with Gasteiger partial charge in [0.2, 0.25) is 15.9 Å². The summed E-state index contributed by atoms with van der Waals surface area (Å²) in [5.41, 5.74) is -0.290. The van der Waals surface area contributed by atoms with E-state index in [-0.39, 0.29) is 22.6 Å². The second kappa shape index (κ2) is 9.67. The number of imide groups is 1. The molecule has 0 spiro atoms. The number of amides is 3. The highest BCUT2D eigenvalue weighted by Crippen LogP contribution is 2.34. The first kappa shape index (κ1) is 26.2. The van der Waals surface area contributed by atoms with Crippen molar-refractivity contribution in [2.75, 3.05) is 19.1 Å². The number of anilines is 1. The molecular formula is C24H29N3O7S. The van der Waals surface area contributed by atoms with E-state index < -0.39 is 39.3 Å². The van der Waals surface area contributed by atoms with Crippen molar-refractivity contribution in [2.24, 2.45) is 5.14 Å². The van der Waals surface area contributed by atoms with Crippen molar-refractivity contribution in [1.82, 2.24) is 4.90 Å². The normalized spacial score (nSPS) is 16.4. The van der Waals surface area contributed by atoms with Crippen molar-refractivity contribution >= 4 is 33.4 Å². The number of hydrogen-bond donors (Lipinski definition) is 1. The maximum atomic E-state index is 13.7. The highest BCUT2D eigenvalue weighted by Gasteiger charge is 2.48. The van der Waals surface area contributed by atoms with Gasteiger partial charge in [-0.3, -0.25) is 14.4 Å². The molecule has 1 fully saturated rings. The molecule has 3 amide bonds. The number of sulfonamides is 1. The van der Waals surface area contributed by atoms with Gasteiger partial charge in [-0.2, -0.15) is 0 Å². The third-order valence-electron chi connectivity index (χ3n) is 6.22. The Balaban J connectivity index is 2.01. The molecule has 1 aliphatic rings. The van der Waals surface area contributed by atoms with E-state index in [1.165, 1.54) is 49.5 Å². The van der Waals surface area contributed by atoms with Gasteiger partial charge in [-0.1, -0.05) is 6.92 Å². The lowest BCUT2D eigenvalue weighted by atomic mass is 9.94. The van der Waals surface area contributed by atoms with Crippen molar-refractivity contribution < 1.29 is 32.3 Å². The molecule has 2 aromatic carbocycles. The van der Waals surface area contributed by atoms with Crippen LogP contribution in [0.25, 0.3) is 0 Å². The molecule has 0 saturated carbocycles. The Kier molecular flexibility index (Phi) is 7.23. The lowest BCUT2D eigenvalue weighted by molar-refractivity contribution is -0.123. The number of hydrogen-bond acceptors (Lipinski definition) is 7. The monoisotopic (exact) mass is 503 g/mol. The number of rotatable bonds is 8. The highest BCUT2D eigenvalue weighted by atomic mass is 32.2. The average molecular weight is 504 g/mol. The molecule has 2 aromatic rings. The SMILES string of the molecule is CCC(C)(C)N(C(=O)c1ccc(OC)c(OC)c1)C1CC(=O)N(c2ccc(S(N)(=O)=O)cc2)C1=O. The molecule has 1 saturated heterocycles. The van der Waals surface area contributed by atoms with Crippen LogP contribution < -0.4 is 19.5 Å². The minimum absolute atomic E-state index is 0.144. The number of benzene rings is 2. The Morgan fingerprint density at radius 2 is 1.69 bits per heavy atom. The maximum absolute atomic E-state index is 13.7. The number of nitrogens with zero attached hydrogens (tertiary/aromatic N) is 2. The third kappa shape index (κ3) is 5.01. The zero-order chi connectivity index (χ0) is 26.1. The van der Waals surface area contributed by atoms with Crippen molar-refractivity contribution in [3.8, 4) is 11.5 Å². The molecule has 2 N–H and O–H groups in total. The summed E-state index contributed by atoms with van der Waals surface area (Å²) in [6, 6.07) is 8.79. The van der Waals surface area contributed by atoms with Gasteiger partial charge < -0.3 is 14.4 Å². The molecule has 0 aromatic heterocycles. The zero-order valence-corrected chi connectivity index (χ0v) is 21.1. The molecule has 35 heavy (non-hydrogen) atoms. The van der Waals surface area contributed by atoms with Crippen LogP contribution in [-0.2, 0) is 19.6 Å². The van der Waals surface area contributed by atoms with E-state index in [1.807, 2.05) is 20.8 Å². The van der Waals surface area contributed by atoms with Gasteiger partial charge in [0.05, 0.1) is 31.2 Å². The minimum Gasteiger partial charge on any atom is -0.493 e. The maximum Gasteiger partial charge on any atom is 0.257 e. The highest BCUT2D eigenvalue weighted by molar-refractivity contribution is 7.89. The van der Waals surface area contributed by atoms with Crippen molar-refractivity contribution in [1.29, 1.82) is 0 Å². The number of carbonyl (C=O) groups excluding carboxylic acids is 3. The number of primary sulfonamides is 1. The molecule has 10 nitrogen and oxygen atoms in total. The third-order valence-corrected chi connectivity index (χ3v) is 7.15. The summed E-state index contributed by atoms with van der Waals surface area (Å²) >= 11 is 0. The number of nitrogens with two attached hydrogens (primary N) is 1. The molecule has 1 heterocycles. The van der Waals surface area contributed by atoms with Crippen LogP contribution in [0.4, 0.5) is 5.69 Å². The quantitative estimate of drug-likeness (QED) is 0.546. The Morgan fingerprint density at radius 3 is 2.20 bits per heavy atom. The van der Waals surface area contributed by atoms with Gasteiger partial charge in [-0.15, -0.1) is 0 Å². The standard InChI is InChI=1S/C24H29N3O7S/c1-6-24(2,3)27(22(29)15-7-12-19(33-4)20(13-15)34-5)18-14-21(28)26(23(18)30)16-8-10-17(11-9-16)35(25,31)32/h7-13,18H,6,14H2,1-5H3,(H2,25,31,32). The molecule has 188 valence electrons. The molecule has 0 radical (unpaired) electrons. The number of methoxy groups -OCH3 is 2. The Labute approximate surface area is 204 Å². The van der Waals surface area contributed by atoms with Gasteiger partial charge in [0, 0.05) is 11.1 Å². The van der Waals surface area contributed by atoms with Crippen LogP contribution in [-0.4, -0.2) is 56.8 Å². The van der Waals surface area contributed by atoms with E-state index in [1.54, 1.807) is 12.1 Å². The summed E-state index contributed by atoms with van der Waals surface area (Å²) in [5.74, 6) is -0.700. The number of ether oxygens (including phenoxy) is 2. The Hall–Kier alpha value is -3.44. The van der Waals surface area contributed by atoms with Crippen LogP contribution in [0.2, 0.25) is 0 Å². The van der Waals surface area contributed by atoms with E-state index >= 15 is 0 Å². The van der Waals surface area contributed by atoms with Crippen LogP contribution in [0, 0.1) is 0 Å². The van der Waals surface area contributed by atoms with Crippen LogP contribution in [0.1, 0.15) is 44.0 Å². The van der Waals surface area contributed by atoms with Gasteiger partial charge in [-0.25, -0.2) is 18.5 Å². The van der Waals surface area contributed by atoms with Gasteiger partial charge in [0.25, 0.3) is 11.8 Å². The van der Waals surface area contributed by atoms with Gasteiger partial charge in [0.1, 0.15) is 6.04 Å². The molecule has 0 bridgehead atoms. The van der Waals surface area contributed by atoms with E-state index in [0.29, 0.717) is 17.9 Å². The first-order valence-corrected chi connectivity index (χ1v) is 12.5. The molecule has 1 unspecified atom stereocenters. The van der Waals surface area contributed by atoms with Gasteiger partial charge in [0.15, 0.2) is 11.5 Å². The molecule has 1 aliphatic heterocycles. The summed E-state index contributed by atoms with van der Waals surface area (Å²) in [6.45, 7) is 5.54. The van der Waals surface area contributed by atoms with Crippen LogP contribution in [0.15, 0.2) is 47.4 Å². The fourth-order valence-electron chi connectivity index (χ4n) is 3.99. The summed E-state index contributed by atoms with van der Waals surface area (Å²) in [7, 11) is -0.989. The minimum atomic E-state index is -3.93. The Bertz CT molecular complexity index is 1260. The summed E-state index contributed by atoms with van der Waals surface area (Å²) in [5, 5.41) is 5.13. The molecule has 3 rings (SSSR count). The second-order valence-electron chi connectivity index (χ2n) is 8.74. The fourth-order valence-corrected chi connectivity index (χ4v) is 4.51. The lowest BCUT2D eigenvalue weighted by Crippen LogP contribution is -2.55. The second-order valence-corrected chi connectivity index (χ2v) is 10.3. The van der Waals surface area contributed by atoms with E-state index in [2.05, 4.69) is 0 Å². The fraction of sp³-hybridized carbons (Fsp3) is 0.375. The van der Waals surface area contributed by atoms with Crippen LogP contribution in [0.5, 0.6) is 11.5 Å². The molecule has 1 atom stereocenters. The zero-order valence-electron chi connectivity index (χ0n) is 20.3. The summed E-state index contributed by atoms with van der Waals surface area (Å²) in [4.78, 5) is 42.4. The van der Waals surface area contributed by atoms with Crippen molar-refractivity contribution in [3.63, 3.8) is 0 Å². The van der Waals surface area contributed by atoms with E-state index in [9.17, 15) is 22.8 Å². The van der Waals surface area contributed by atoms with Crippen molar-refractivity contribution in [2.45, 2.75) is 50.1 Å². The van der Waals surface area contributed by atoms with Crippen LogP contribution in [0.3, 0.4) is 0 Å². The van der Waals surface area contributed by atoms with Crippen LogP contribution >= 0.6 is 0 Å². The smallest absolute Gasteiger partial charge is 0.257 e. The predicted octanol–water partition coefficient (Wildman–Crippen LogP) is 2.31. The van der Waals surface area contributed by atoms with Crippen molar-refractivity contribution in [3.05, 3.63) is 48.0 Å². The number of carbonyl (C=O) groups is 3. The Morgan fingerprint density at radius 1 is 1.09 bits per heavy atom. The summed E-state index contributed by atoms with van der Waals surface area (Å²) in [6.07, 6.45) is 0.311. The van der Waals surface area contributed by atoms with E-state index in [4.69, 9.17) is 14.6 Å². The van der Waals surface area contributed by atoms with Gasteiger partial charge >= 0.3 is 0 Å². The first-order valence-electron chi connectivity index (χ1n) is 10.9. The topological polar surface area (TPSA) is 136 Å². The first-order chi connectivity index (χ1) is 16.3. The average Bonchev–Trinajstić information content (AvgIpc) is 3.11. The lowest BCUT2D eigenvalue weighted by Gasteiger charge is -2.41. The molecule has 11 heteroatoms. The predicted molar refractivity (Wildman–Crippen MR) is 129 cm³/mol. The van der Waals surface area contributed by atoms with Gasteiger partial charge in [-0.05, 0) is 62.7 Å². The largest absolute Gasteiger partial charge is 0.493 e. The van der Waals surface area contributed by atoms with E-state index in [0.717, 1.165) is 4.90 Å². The summed E-state index contributed by atoms with van der Waals surface area (Å²) < 4.78 is 33.6. The molecular weight excluding hydrogens is 474 g/mol.